The molecule has 0 rings (SSSR count). The van der Waals surface area contributed by atoms with Crippen LogP contribution in [0.25, 0.3) is 0 Å². The summed E-state index contributed by atoms with van der Waals surface area (Å²) in [5, 5.41) is 11.7. The van der Waals surface area contributed by atoms with Crippen molar-refractivity contribution in [1.29, 1.82) is 0 Å². The molecule has 0 heterocycles. The van der Waals surface area contributed by atoms with Gasteiger partial charge in [-0.3, -0.25) is 4.79 Å². The van der Waals surface area contributed by atoms with Gasteiger partial charge < -0.3 is 10.4 Å². The minimum Gasteiger partial charge on any atom is -0.481 e. The summed E-state index contributed by atoms with van der Waals surface area (Å²) >= 11 is 0. The van der Waals surface area contributed by atoms with E-state index in [4.69, 9.17) is 5.11 Å². The number of hydrogen-bond acceptors (Lipinski definition) is 4. The summed E-state index contributed by atoms with van der Waals surface area (Å²) in [6, 6.07) is 0. The highest BCUT2D eigenvalue weighted by atomic mass is 32.2. The van der Waals surface area contributed by atoms with Gasteiger partial charge in [-0.05, 0) is 24.8 Å². The quantitative estimate of drug-likeness (QED) is 0.589. The molecule has 0 radical (unpaired) electrons. The summed E-state index contributed by atoms with van der Waals surface area (Å²) in [5.74, 6) is -0.428. The Labute approximate surface area is 110 Å². The van der Waals surface area contributed by atoms with Gasteiger partial charge in [-0.25, -0.2) is 8.42 Å². The fourth-order valence-corrected chi connectivity index (χ4v) is 2.24. The van der Waals surface area contributed by atoms with Crippen LogP contribution < -0.4 is 5.32 Å². The number of carboxylic acid groups (broad SMARTS) is 1. The van der Waals surface area contributed by atoms with Gasteiger partial charge in [-0.2, -0.15) is 0 Å². The molecule has 0 aliphatic carbocycles. The van der Waals surface area contributed by atoms with Crippen LogP contribution in [0.15, 0.2) is 0 Å². The Hall–Kier alpha value is -0.620. The standard InChI is InChI=1S/C12H25NO4S/c1-4-18(16,17)10-9-13-8-7-12(2,3)6-5-11(14)15/h13H,4-10H2,1-3H3,(H,14,15). The third-order valence-corrected chi connectivity index (χ3v) is 4.73. The molecule has 0 aromatic heterocycles. The van der Waals surface area contributed by atoms with Crippen molar-refractivity contribution in [3.05, 3.63) is 0 Å². The average molecular weight is 279 g/mol. The largest absolute Gasteiger partial charge is 0.481 e. The minimum absolute atomic E-state index is 0.0327. The van der Waals surface area contributed by atoms with Gasteiger partial charge in [0.15, 0.2) is 9.84 Å². The summed E-state index contributed by atoms with van der Waals surface area (Å²) in [7, 11) is -2.90. The number of carbonyl (C=O) groups is 1. The molecule has 0 aromatic carbocycles. The van der Waals surface area contributed by atoms with Crippen LogP contribution in [0, 0.1) is 5.41 Å². The number of rotatable bonds is 10. The first-order valence-electron chi connectivity index (χ1n) is 6.31. The van der Waals surface area contributed by atoms with E-state index in [1.54, 1.807) is 6.92 Å². The summed E-state index contributed by atoms with van der Waals surface area (Å²) in [6.07, 6.45) is 1.65. The number of sulfone groups is 1. The number of carboxylic acids is 1. The number of hydrogen-bond donors (Lipinski definition) is 2. The van der Waals surface area contributed by atoms with E-state index in [0.29, 0.717) is 19.5 Å². The van der Waals surface area contributed by atoms with E-state index in [1.165, 1.54) is 0 Å². The van der Waals surface area contributed by atoms with Crippen molar-refractivity contribution in [2.45, 2.75) is 40.0 Å². The average Bonchev–Trinajstić information content (AvgIpc) is 2.26. The lowest BCUT2D eigenvalue weighted by atomic mass is 9.84. The molecule has 0 spiro atoms. The second-order valence-corrected chi connectivity index (χ2v) is 7.77. The van der Waals surface area contributed by atoms with Crippen LogP contribution in [0.5, 0.6) is 0 Å². The molecule has 0 atom stereocenters. The molecule has 0 aliphatic heterocycles. The molecule has 0 saturated heterocycles. The van der Waals surface area contributed by atoms with Gasteiger partial charge in [0.25, 0.3) is 0 Å². The highest BCUT2D eigenvalue weighted by Gasteiger charge is 2.18. The third-order valence-electron chi connectivity index (χ3n) is 3.02. The number of nitrogens with one attached hydrogen (secondary N) is 1. The van der Waals surface area contributed by atoms with Crippen molar-refractivity contribution >= 4 is 15.8 Å². The Morgan fingerprint density at radius 3 is 2.33 bits per heavy atom. The van der Waals surface area contributed by atoms with Crippen LogP contribution in [0.4, 0.5) is 0 Å². The van der Waals surface area contributed by atoms with Gasteiger partial charge in [0.05, 0.1) is 5.75 Å². The Balaban J connectivity index is 3.74. The molecule has 2 N–H and O–H groups in total. The maximum absolute atomic E-state index is 11.2. The zero-order valence-electron chi connectivity index (χ0n) is 11.5. The van der Waals surface area contributed by atoms with Crippen molar-refractivity contribution in [2.24, 2.45) is 5.41 Å². The topological polar surface area (TPSA) is 83.5 Å². The molecule has 5 nitrogen and oxygen atoms in total. The van der Waals surface area contributed by atoms with Crippen LogP contribution in [0.1, 0.15) is 40.0 Å². The van der Waals surface area contributed by atoms with E-state index in [1.807, 2.05) is 13.8 Å². The molecule has 0 bridgehead atoms. The Bertz CT molecular complexity index is 349. The summed E-state index contributed by atoms with van der Waals surface area (Å²) < 4.78 is 22.5. The van der Waals surface area contributed by atoms with E-state index in [9.17, 15) is 13.2 Å². The van der Waals surface area contributed by atoms with Crippen molar-refractivity contribution in [1.82, 2.24) is 5.32 Å². The summed E-state index contributed by atoms with van der Waals surface area (Å²) in [6.45, 7) is 6.88. The van der Waals surface area contributed by atoms with E-state index < -0.39 is 15.8 Å². The molecular formula is C12H25NO4S. The second-order valence-electron chi connectivity index (χ2n) is 5.29. The molecule has 0 aromatic rings. The van der Waals surface area contributed by atoms with Gasteiger partial charge in [-0.15, -0.1) is 0 Å². The van der Waals surface area contributed by atoms with Crippen molar-refractivity contribution in [2.75, 3.05) is 24.6 Å². The van der Waals surface area contributed by atoms with Gasteiger partial charge in [0, 0.05) is 18.7 Å². The third kappa shape index (κ3) is 9.41. The molecule has 6 heteroatoms. The lowest BCUT2D eigenvalue weighted by molar-refractivity contribution is -0.137. The highest BCUT2D eigenvalue weighted by molar-refractivity contribution is 7.91. The van der Waals surface area contributed by atoms with Crippen molar-refractivity contribution in [3.63, 3.8) is 0 Å². The fourth-order valence-electron chi connectivity index (χ4n) is 1.49. The minimum atomic E-state index is -2.90. The Kier molecular flexibility index (Phi) is 7.47. The Morgan fingerprint density at radius 2 is 1.83 bits per heavy atom. The van der Waals surface area contributed by atoms with Crippen LogP contribution in [-0.4, -0.2) is 44.1 Å². The van der Waals surface area contributed by atoms with E-state index in [-0.39, 0.29) is 23.3 Å². The molecule has 0 aliphatic rings. The lowest BCUT2D eigenvalue weighted by Gasteiger charge is -2.23. The van der Waals surface area contributed by atoms with Gasteiger partial charge >= 0.3 is 5.97 Å². The first kappa shape index (κ1) is 17.4. The van der Waals surface area contributed by atoms with Gasteiger partial charge in [0.2, 0.25) is 0 Å². The van der Waals surface area contributed by atoms with E-state index in [0.717, 1.165) is 6.42 Å². The summed E-state index contributed by atoms with van der Waals surface area (Å²) in [5.41, 5.74) is -0.0327. The fraction of sp³-hybridized carbons (Fsp3) is 0.917. The van der Waals surface area contributed by atoms with Crippen LogP contribution in [0.2, 0.25) is 0 Å². The Morgan fingerprint density at radius 1 is 1.22 bits per heavy atom. The first-order chi connectivity index (χ1) is 8.18. The summed E-state index contributed by atoms with van der Waals surface area (Å²) in [4.78, 5) is 10.5. The molecule has 18 heavy (non-hydrogen) atoms. The maximum Gasteiger partial charge on any atom is 0.303 e. The normalized spacial score (nSPS) is 12.6. The van der Waals surface area contributed by atoms with Crippen molar-refractivity contribution < 1.29 is 18.3 Å². The predicted molar refractivity (Wildman–Crippen MR) is 72.5 cm³/mol. The van der Waals surface area contributed by atoms with Gasteiger partial charge in [-0.1, -0.05) is 20.8 Å². The predicted octanol–water partition coefficient (Wildman–Crippen LogP) is 1.29. The lowest BCUT2D eigenvalue weighted by Crippen LogP contribution is -2.28. The molecule has 0 saturated carbocycles. The molecule has 108 valence electrons. The smallest absolute Gasteiger partial charge is 0.303 e. The maximum atomic E-state index is 11.2. The number of aliphatic carboxylic acids is 1. The SMILES string of the molecule is CCS(=O)(=O)CCNCCC(C)(C)CCC(=O)O. The molecule has 0 fully saturated rings. The van der Waals surface area contributed by atoms with Crippen molar-refractivity contribution in [3.8, 4) is 0 Å². The van der Waals surface area contributed by atoms with E-state index in [2.05, 4.69) is 5.32 Å². The monoisotopic (exact) mass is 279 g/mol. The molecule has 0 unspecified atom stereocenters. The van der Waals surface area contributed by atoms with Crippen LogP contribution in [0.3, 0.4) is 0 Å². The highest BCUT2D eigenvalue weighted by Crippen LogP contribution is 2.25. The first-order valence-corrected chi connectivity index (χ1v) is 8.13. The van der Waals surface area contributed by atoms with Gasteiger partial charge in [0.1, 0.15) is 0 Å². The van der Waals surface area contributed by atoms with Crippen LogP contribution in [-0.2, 0) is 14.6 Å². The zero-order chi connectivity index (χ0) is 14.2. The molecular weight excluding hydrogens is 254 g/mol. The van der Waals surface area contributed by atoms with Crippen LogP contribution >= 0.6 is 0 Å². The molecule has 0 amide bonds. The zero-order valence-corrected chi connectivity index (χ0v) is 12.3. The van der Waals surface area contributed by atoms with E-state index >= 15 is 0 Å². The second kappa shape index (κ2) is 7.74.